The molecule has 1 atom stereocenters. The van der Waals surface area contributed by atoms with Crippen LogP contribution in [0.3, 0.4) is 0 Å². The van der Waals surface area contributed by atoms with Crippen LogP contribution in [0.25, 0.3) is 0 Å². The standard InChI is InChI=1S/C20H41N3O2/c1-14(15(24)21-17(2,3)4)19(8,9)12-13-20(10,11)23-16(25)22-18(5,6)7/h14H,12-13H2,1-11H3,(H,21,24)(H2,22,23,25)/t14-/m1/s1. The lowest BCUT2D eigenvalue weighted by molar-refractivity contribution is -0.129. The summed E-state index contributed by atoms with van der Waals surface area (Å²) >= 11 is 0. The Hall–Kier alpha value is -1.26. The maximum atomic E-state index is 12.5. The van der Waals surface area contributed by atoms with Crippen LogP contribution in [-0.2, 0) is 4.79 Å². The van der Waals surface area contributed by atoms with Gasteiger partial charge in [-0.2, -0.15) is 0 Å². The number of urea groups is 1. The highest BCUT2D eigenvalue weighted by Crippen LogP contribution is 2.34. The maximum absolute atomic E-state index is 12.5. The van der Waals surface area contributed by atoms with Gasteiger partial charge in [0.25, 0.3) is 0 Å². The third-order valence-electron chi connectivity index (χ3n) is 4.40. The van der Waals surface area contributed by atoms with E-state index in [4.69, 9.17) is 0 Å². The van der Waals surface area contributed by atoms with Crippen LogP contribution in [0.4, 0.5) is 4.79 Å². The van der Waals surface area contributed by atoms with E-state index in [2.05, 4.69) is 29.8 Å². The van der Waals surface area contributed by atoms with E-state index in [0.717, 1.165) is 12.8 Å². The molecular formula is C20H41N3O2. The maximum Gasteiger partial charge on any atom is 0.315 e. The molecule has 0 heterocycles. The summed E-state index contributed by atoms with van der Waals surface area (Å²) in [6.07, 6.45) is 1.64. The molecule has 5 heteroatoms. The Morgan fingerprint density at radius 1 is 0.720 bits per heavy atom. The van der Waals surface area contributed by atoms with Gasteiger partial charge in [-0.25, -0.2) is 4.79 Å². The van der Waals surface area contributed by atoms with Crippen LogP contribution in [0.15, 0.2) is 0 Å². The summed E-state index contributed by atoms with van der Waals surface area (Å²) in [5.74, 6) is -0.0281. The van der Waals surface area contributed by atoms with Crippen molar-refractivity contribution in [3.63, 3.8) is 0 Å². The van der Waals surface area contributed by atoms with Gasteiger partial charge in [0.1, 0.15) is 0 Å². The number of nitrogens with one attached hydrogen (secondary N) is 3. The molecule has 0 aromatic rings. The van der Waals surface area contributed by atoms with Gasteiger partial charge in [0.2, 0.25) is 5.91 Å². The lowest BCUT2D eigenvalue weighted by atomic mass is 9.73. The fraction of sp³-hybridized carbons (Fsp3) is 0.900. The molecular weight excluding hydrogens is 314 g/mol. The molecule has 5 nitrogen and oxygen atoms in total. The van der Waals surface area contributed by atoms with Gasteiger partial charge in [0.15, 0.2) is 0 Å². The monoisotopic (exact) mass is 355 g/mol. The average molecular weight is 356 g/mol. The zero-order valence-electron chi connectivity index (χ0n) is 18.3. The summed E-state index contributed by atoms with van der Waals surface area (Å²) in [5, 5.41) is 9.03. The van der Waals surface area contributed by atoms with Gasteiger partial charge in [0, 0.05) is 22.5 Å². The highest BCUT2D eigenvalue weighted by molar-refractivity contribution is 5.79. The minimum Gasteiger partial charge on any atom is -0.351 e. The molecule has 0 saturated carbocycles. The number of rotatable bonds is 6. The van der Waals surface area contributed by atoms with E-state index in [9.17, 15) is 9.59 Å². The van der Waals surface area contributed by atoms with E-state index in [1.165, 1.54) is 0 Å². The Labute approximate surface area is 155 Å². The van der Waals surface area contributed by atoms with E-state index in [1.54, 1.807) is 0 Å². The summed E-state index contributed by atoms with van der Waals surface area (Å²) in [5.41, 5.74) is -0.992. The second-order valence-electron chi connectivity index (χ2n) is 10.7. The lowest BCUT2D eigenvalue weighted by Gasteiger charge is -2.37. The third kappa shape index (κ3) is 10.4. The van der Waals surface area contributed by atoms with Crippen molar-refractivity contribution in [2.75, 3.05) is 0 Å². The van der Waals surface area contributed by atoms with Crippen molar-refractivity contribution in [2.45, 2.75) is 106 Å². The number of carbonyl (C=O) groups is 2. The van der Waals surface area contributed by atoms with E-state index >= 15 is 0 Å². The topological polar surface area (TPSA) is 70.2 Å². The van der Waals surface area contributed by atoms with Crippen molar-refractivity contribution in [2.24, 2.45) is 11.3 Å². The normalized spacial score (nSPS) is 14.7. The largest absolute Gasteiger partial charge is 0.351 e. The first kappa shape index (κ1) is 23.7. The van der Waals surface area contributed by atoms with E-state index in [0.29, 0.717) is 0 Å². The highest BCUT2D eigenvalue weighted by atomic mass is 16.2. The second-order valence-corrected chi connectivity index (χ2v) is 10.7. The molecule has 0 spiro atoms. The molecule has 0 aliphatic carbocycles. The molecule has 3 N–H and O–H groups in total. The number of amides is 3. The van der Waals surface area contributed by atoms with Gasteiger partial charge in [0.05, 0.1) is 0 Å². The first-order valence-electron chi connectivity index (χ1n) is 9.27. The molecule has 0 aliphatic heterocycles. The molecule has 0 saturated heterocycles. The van der Waals surface area contributed by atoms with Crippen LogP contribution in [0, 0.1) is 11.3 Å². The van der Waals surface area contributed by atoms with Crippen molar-refractivity contribution < 1.29 is 9.59 Å². The van der Waals surface area contributed by atoms with Crippen molar-refractivity contribution in [1.29, 1.82) is 0 Å². The van der Waals surface area contributed by atoms with Crippen LogP contribution in [0.2, 0.25) is 0 Å². The minimum atomic E-state index is -0.340. The van der Waals surface area contributed by atoms with Crippen molar-refractivity contribution >= 4 is 11.9 Å². The van der Waals surface area contributed by atoms with E-state index in [1.807, 2.05) is 62.3 Å². The van der Waals surface area contributed by atoms with Crippen LogP contribution in [0.1, 0.15) is 89.0 Å². The lowest BCUT2D eigenvalue weighted by Crippen LogP contribution is -2.53. The average Bonchev–Trinajstić information content (AvgIpc) is 2.30. The molecule has 25 heavy (non-hydrogen) atoms. The SMILES string of the molecule is C[C@H](C(=O)NC(C)(C)C)C(C)(C)CCC(C)(C)NC(=O)NC(C)(C)C. The molecule has 0 aromatic carbocycles. The number of hydrogen-bond donors (Lipinski definition) is 3. The first-order valence-corrected chi connectivity index (χ1v) is 9.27. The van der Waals surface area contributed by atoms with Crippen LogP contribution < -0.4 is 16.0 Å². The van der Waals surface area contributed by atoms with Crippen LogP contribution in [-0.4, -0.2) is 28.6 Å². The van der Waals surface area contributed by atoms with Gasteiger partial charge in [-0.05, 0) is 73.6 Å². The summed E-state index contributed by atoms with van der Waals surface area (Å²) in [7, 11) is 0. The Morgan fingerprint density at radius 3 is 1.56 bits per heavy atom. The van der Waals surface area contributed by atoms with Gasteiger partial charge >= 0.3 is 6.03 Å². The molecule has 0 radical (unpaired) electrons. The molecule has 0 bridgehead atoms. The first-order chi connectivity index (χ1) is 10.8. The Balaban J connectivity index is 4.74. The van der Waals surface area contributed by atoms with E-state index < -0.39 is 0 Å². The molecule has 148 valence electrons. The van der Waals surface area contributed by atoms with Gasteiger partial charge < -0.3 is 16.0 Å². The number of carbonyl (C=O) groups excluding carboxylic acids is 2. The van der Waals surface area contributed by atoms with Gasteiger partial charge in [-0.15, -0.1) is 0 Å². The predicted molar refractivity (Wildman–Crippen MR) is 106 cm³/mol. The molecule has 0 fully saturated rings. The van der Waals surface area contributed by atoms with Crippen molar-refractivity contribution in [3.8, 4) is 0 Å². The molecule has 0 unspecified atom stereocenters. The fourth-order valence-corrected chi connectivity index (χ4v) is 2.43. The highest BCUT2D eigenvalue weighted by Gasteiger charge is 2.35. The summed E-state index contributed by atoms with van der Waals surface area (Å²) in [4.78, 5) is 24.6. The Morgan fingerprint density at radius 2 is 1.16 bits per heavy atom. The van der Waals surface area contributed by atoms with Gasteiger partial charge in [-0.1, -0.05) is 20.8 Å². The summed E-state index contributed by atoms with van der Waals surface area (Å²) in [6.45, 7) is 22.1. The van der Waals surface area contributed by atoms with Gasteiger partial charge in [-0.3, -0.25) is 4.79 Å². The zero-order valence-corrected chi connectivity index (χ0v) is 18.3. The number of hydrogen-bond acceptors (Lipinski definition) is 2. The third-order valence-corrected chi connectivity index (χ3v) is 4.40. The summed E-state index contributed by atoms with van der Waals surface area (Å²) in [6, 6.07) is -0.158. The molecule has 0 rings (SSSR count). The molecule has 3 amide bonds. The Kier molecular flexibility index (Phi) is 7.56. The predicted octanol–water partition coefficient (Wildman–Crippen LogP) is 4.22. The quantitative estimate of drug-likeness (QED) is 0.667. The molecule has 0 aliphatic rings. The zero-order chi connectivity index (χ0) is 20.3. The van der Waals surface area contributed by atoms with E-state index in [-0.39, 0.29) is 39.9 Å². The fourth-order valence-electron chi connectivity index (χ4n) is 2.43. The van der Waals surface area contributed by atoms with Crippen molar-refractivity contribution in [3.05, 3.63) is 0 Å². The van der Waals surface area contributed by atoms with Crippen molar-refractivity contribution in [1.82, 2.24) is 16.0 Å². The Bertz CT molecular complexity index is 468. The molecule has 0 aromatic heterocycles. The smallest absolute Gasteiger partial charge is 0.315 e. The second kappa shape index (κ2) is 7.96. The van der Waals surface area contributed by atoms with Crippen LogP contribution >= 0.6 is 0 Å². The summed E-state index contributed by atoms with van der Waals surface area (Å²) < 4.78 is 0. The van der Waals surface area contributed by atoms with Crippen LogP contribution in [0.5, 0.6) is 0 Å². The minimum absolute atomic E-state index is 0.0775.